The van der Waals surface area contributed by atoms with E-state index in [2.05, 4.69) is 10.2 Å². The maximum Gasteiger partial charge on any atom is 0.224 e. The van der Waals surface area contributed by atoms with Gasteiger partial charge in [-0.25, -0.2) is 0 Å². The van der Waals surface area contributed by atoms with Crippen LogP contribution < -0.4 is 5.32 Å². The third kappa shape index (κ3) is 4.97. The number of hydrogen-bond donors (Lipinski definition) is 1. The Bertz CT molecular complexity index is 362. The van der Waals surface area contributed by atoms with E-state index in [0.717, 1.165) is 45.4 Å². The van der Waals surface area contributed by atoms with Gasteiger partial charge in [0.2, 0.25) is 11.8 Å². The Balaban J connectivity index is 1.62. The van der Waals surface area contributed by atoms with Crippen molar-refractivity contribution in [3.05, 3.63) is 0 Å². The Morgan fingerprint density at radius 3 is 2.95 bits per heavy atom. The zero-order valence-electron chi connectivity index (χ0n) is 13.0. The van der Waals surface area contributed by atoms with Crippen LogP contribution in [0.5, 0.6) is 0 Å². The van der Waals surface area contributed by atoms with Crippen LogP contribution >= 0.6 is 0 Å². The van der Waals surface area contributed by atoms with Crippen molar-refractivity contribution in [3.63, 3.8) is 0 Å². The molecule has 0 aromatic heterocycles. The van der Waals surface area contributed by atoms with Crippen molar-refractivity contribution < 1.29 is 14.3 Å². The first-order chi connectivity index (χ1) is 10.2. The summed E-state index contributed by atoms with van der Waals surface area (Å²) >= 11 is 0. The molecule has 0 unspecified atom stereocenters. The highest BCUT2D eigenvalue weighted by Gasteiger charge is 2.27. The molecule has 6 heteroatoms. The van der Waals surface area contributed by atoms with Crippen LogP contribution in [0.3, 0.4) is 0 Å². The number of piperidine rings is 1. The lowest BCUT2D eigenvalue weighted by molar-refractivity contribution is -0.133. The van der Waals surface area contributed by atoms with Crippen molar-refractivity contribution in [1.29, 1.82) is 0 Å². The molecule has 0 aromatic carbocycles. The minimum Gasteiger partial charge on any atom is -0.383 e. The first-order valence-electron chi connectivity index (χ1n) is 7.97. The summed E-state index contributed by atoms with van der Waals surface area (Å²) in [6.45, 7) is 5.44. The Labute approximate surface area is 126 Å². The number of nitrogens with zero attached hydrogens (tertiary/aromatic N) is 2. The predicted molar refractivity (Wildman–Crippen MR) is 79.9 cm³/mol. The molecular formula is C15H27N3O3. The van der Waals surface area contributed by atoms with E-state index in [0.29, 0.717) is 26.1 Å². The van der Waals surface area contributed by atoms with Crippen LogP contribution in [0, 0.1) is 5.92 Å². The number of carbonyl (C=O) groups is 2. The van der Waals surface area contributed by atoms with E-state index in [1.807, 2.05) is 4.90 Å². The maximum absolute atomic E-state index is 12.1. The van der Waals surface area contributed by atoms with Gasteiger partial charge in [0.15, 0.2) is 0 Å². The van der Waals surface area contributed by atoms with Crippen LogP contribution in [-0.2, 0) is 14.3 Å². The van der Waals surface area contributed by atoms with Gasteiger partial charge in [0.1, 0.15) is 0 Å². The Kier molecular flexibility index (Phi) is 6.45. The van der Waals surface area contributed by atoms with Gasteiger partial charge < -0.3 is 19.9 Å². The summed E-state index contributed by atoms with van der Waals surface area (Å²) in [5.74, 6) is 0.431. The molecule has 1 atom stereocenters. The minimum absolute atomic E-state index is 0.0823. The molecule has 2 fully saturated rings. The zero-order chi connectivity index (χ0) is 15.1. The number of amides is 2. The van der Waals surface area contributed by atoms with Crippen molar-refractivity contribution in [2.75, 3.05) is 53.0 Å². The molecule has 2 saturated heterocycles. The number of ether oxygens (including phenoxy) is 1. The van der Waals surface area contributed by atoms with Crippen molar-refractivity contribution in [1.82, 2.24) is 15.1 Å². The molecule has 0 aliphatic carbocycles. The monoisotopic (exact) mass is 297 g/mol. The summed E-state index contributed by atoms with van der Waals surface area (Å²) in [6, 6.07) is 0. The van der Waals surface area contributed by atoms with E-state index in [1.165, 1.54) is 0 Å². The van der Waals surface area contributed by atoms with Gasteiger partial charge in [0.05, 0.1) is 12.5 Å². The Morgan fingerprint density at radius 1 is 1.33 bits per heavy atom. The number of methoxy groups -OCH3 is 1. The van der Waals surface area contributed by atoms with Gasteiger partial charge in [-0.15, -0.1) is 0 Å². The molecule has 1 N–H and O–H groups in total. The first kappa shape index (κ1) is 16.2. The molecule has 120 valence electrons. The molecule has 2 aliphatic rings. The van der Waals surface area contributed by atoms with E-state index >= 15 is 0 Å². The summed E-state index contributed by atoms with van der Waals surface area (Å²) in [7, 11) is 1.70. The summed E-state index contributed by atoms with van der Waals surface area (Å²) < 4.78 is 5.06. The molecule has 2 heterocycles. The topological polar surface area (TPSA) is 61.9 Å². The van der Waals surface area contributed by atoms with Crippen molar-refractivity contribution >= 4 is 11.8 Å². The van der Waals surface area contributed by atoms with Gasteiger partial charge in [0, 0.05) is 46.3 Å². The van der Waals surface area contributed by atoms with Crippen LogP contribution in [0.25, 0.3) is 0 Å². The highest BCUT2D eigenvalue weighted by Crippen LogP contribution is 2.16. The lowest BCUT2D eigenvalue weighted by Gasteiger charge is -2.26. The van der Waals surface area contributed by atoms with Gasteiger partial charge in [-0.1, -0.05) is 0 Å². The average molecular weight is 297 g/mol. The third-order valence-corrected chi connectivity index (χ3v) is 4.36. The molecule has 2 amide bonds. The summed E-state index contributed by atoms with van der Waals surface area (Å²) in [5, 5.41) is 2.98. The fourth-order valence-corrected chi connectivity index (χ4v) is 3.03. The van der Waals surface area contributed by atoms with Crippen LogP contribution in [0.4, 0.5) is 0 Å². The Hall–Kier alpha value is -1.14. The number of hydrogen-bond acceptors (Lipinski definition) is 4. The molecule has 0 saturated carbocycles. The van der Waals surface area contributed by atoms with Gasteiger partial charge in [-0.3, -0.25) is 9.59 Å². The molecule has 0 aromatic rings. The quantitative estimate of drug-likeness (QED) is 0.723. The fraction of sp³-hybridized carbons (Fsp3) is 0.867. The van der Waals surface area contributed by atoms with Crippen LogP contribution in [0.1, 0.15) is 25.7 Å². The van der Waals surface area contributed by atoms with E-state index in [1.54, 1.807) is 7.11 Å². The molecule has 0 radical (unpaired) electrons. The van der Waals surface area contributed by atoms with Crippen molar-refractivity contribution in [3.8, 4) is 0 Å². The van der Waals surface area contributed by atoms with E-state index in [-0.39, 0.29) is 17.7 Å². The van der Waals surface area contributed by atoms with Crippen molar-refractivity contribution in [2.45, 2.75) is 25.7 Å². The Morgan fingerprint density at radius 2 is 2.19 bits per heavy atom. The predicted octanol–water partition coefficient (Wildman–Crippen LogP) is 0.0834. The number of rotatable bonds is 7. The van der Waals surface area contributed by atoms with Gasteiger partial charge >= 0.3 is 0 Å². The number of nitrogens with one attached hydrogen (secondary N) is 1. The first-order valence-corrected chi connectivity index (χ1v) is 7.97. The largest absolute Gasteiger partial charge is 0.383 e. The molecule has 0 spiro atoms. The van der Waals surface area contributed by atoms with E-state index < -0.39 is 0 Å². The summed E-state index contributed by atoms with van der Waals surface area (Å²) in [4.78, 5) is 27.9. The average Bonchev–Trinajstić information content (AvgIpc) is 2.96. The van der Waals surface area contributed by atoms with Gasteiger partial charge in [-0.05, 0) is 25.8 Å². The summed E-state index contributed by atoms with van der Waals surface area (Å²) in [6.07, 6.45) is 3.65. The molecular weight excluding hydrogens is 270 g/mol. The fourth-order valence-electron chi connectivity index (χ4n) is 3.03. The zero-order valence-corrected chi connectivity index (χ0v) is 13.0. The van der Waals surface area contributed by atoms with Gasteiger partial charge in [-0.2, -0.15) is 0 Å². The lowest BCUT2D eigenvalue weighted by Crippen LogP contribution is -2.42. The molecule has 0 bridgehead atoms. The molecule has 21 heavy (non-hydrogen) atoms. The van der Waals surface area contributed by atoms with Gasteiger partial charge in [0.25, 0.3) is 0 Å². The highest BCUT2D eigenvalue weighted by atomic mass is 16.5. The molecule has 6 nitrogen and oxygen atoms in total. The second-order valence-corrected chi connectivity index (χ2v) is 5.91. The number of likely N-dealkylation sites (tertiary alicyclic amines) is 2. The van der Waals surface area contributed by atoms with E-state index in [9.17, 15) is 9.59 Å². The maximum atomic E-state index is 12.1. The second kappa shape index (κ2) is 8.34. The lowest BCUT2D eigenvalue weighted by atomic mass is 10.1. The molecule has 2 rings (SSSR count). The van der Waals surface area contributed by atoms with E-state index in [4.69, 9.17) is 4.74 Å². The van der Waals surface area contributed by atoms with Crippen LogP contribution in [0.15, 0.2) is 0 Å². The third-order valence-electron chi connectivity index (χ3n) is 4.36. The van der Waals surface area contributed by atoms with Crippen LogP contribution in [0.2, 0.25) is 0 Å². The van der Waals surface area contributed by atoms with Crippen LogP contribution in [-0.4, -0.2) is 74.6 Å². The number of carbonyl (C=O) groups excluding carboxylic acids is 2. The highest BCUT2D eigenvalue weighted by molar-refractivity contribution is 5.79. The second-order valence-electron chi connectivity index (χ2n) is 5.91. The van der Waals surface area contributed by atoms with Crippen molar-refractivity contribution in [2.24, 2.45) is 5.92 Å². The normalized spacial score (nSPS) is 23.6. The minimum atomic E-state index is 0.0823. The standard InChI is InChI=1S/C15H27N3O3/c1-21-11-10-17-8-5-13(12-17)15(20)16-6-9-18-7-3-2-4-14(18)19/h13H,2-12H2,1H3,(H,16,20)/t13-/m1/s1. The summed E-state index contributed by atoms with van der Waals surface area (Å²) in [5.41, 5.74) is 0. The SMILES string of the molecule is COCCN1CC[C@@H](C(=O)NCCN2CCCCC2=O)C1. The molecule has 2 aliphatic heterocycles. The smallest absolute Gasteiger partial charge is 0.224 e.